The normalized spacial score (nSPS) is 12.4. The minimum atomic E-state index is -1.23. The molecule has 0 saturated carbocycles. The van der Waals surface area contributed by atoms with Gasteiger partial charge >= 0.3 is 0 Å². The summed E-state index contributed by atoms with van der Waals surface area (Å²) in [7, 11) is 1.55. The second kappa shape index (κ2) is 12.0. The zero-order valence-corrected chi connectivity index (χ0v) is 25.7. The quantitative estimate of drug-likeness (QED) is 0.172. The van der Waals surface area contributed by atoms with Crippen molar-refractivity contribution < 1.29 is 19.0 Å². The monoisotopic (exact) mass is 623 g/mol. The number of aliphatic hydroxyl groups is 1. The van der Waals surface area contributed by atoms with Crippen LogP contribution in [0.2, 0.25) is 10.0 Å². The number of hydrogen-bond donors (Lipinski definition) is 2. The van der Waals surface area contributed by atoms with E-state index in [2.05, 4.69) is 10.3 Å². The first-order chi connectivity index (χ1) is 20.0. The van der Waals surface area contributed by atoms with E-state index >= 15 is 0 Å². The number of nitrogens with zero attached hydrogens (tertiary/aromatic N) is 2. The molecule has 5 rings (SSSR count). The van der Waals surface area contributed by atoms with Gasteiger partial charge in [0.15, 0.2) is 0 Å². The first-order valence-electron chi connectivity index (χ1n) is 13.1. The zero-order valence-electron chi connectivity index (χ0n) is 23.3. The summed E-state index contributed by atoms with van der Waals surface area (Å²) < 4.78 is 20.5. The Hall–Kier alpha value is -3.56. The van der Waals surface area contributed by atoms with Gasteiger partial charge < -0.3 is 15.2 Å². The van der Waals surface area contributed by atoms with Crippen molar-refractivity contribution in [3.8, 4) is 17.0 Å². The molecule has 2 aromatic heterocycles. The Morgan fingerprint density at radius 2 is 1.81 bits per heavy atom. The van der Waals surface area contributed by atoms with Gasteiger partial charge in [-0.25, -0.2) is 9.37 Å². The van der Waals surface area contributed by atoms with Gasteiger partial charge in [-0.3, -0.25) is 9.78 Å². The van der Waals surface area contributed by atoms with E-state index < -0.39 is 17.3 Å². The van der Waals surface area contributed by atoms with Crippen molar-refractivity contribution in [3.05, 3.63) is 110 Å². The van der Waals surface area contributed by atoms with Crippen molar-refractivity contribution in [1.82, 2.24) is 15.3 Å². The number of thiazole rings is 1. The van der Waals surface area contributed by atoms with Crippen LogP contribution in [0.3, 0.4) is 0 Å². The van der Waals surface area contributed by atoms with Crippen LogP contribution in [0.1, 0.15) is 52.0 Å². The maximum Gasteiger partial charge on any atom is 0.251 e. The number of carbonyl (C=O) groups excluding carboxylic acids is 1. The second-order valence-corrected chi connectivity index (χ2v) is 12.4. The van der Waals surface area contributed by atoms with Crippen LogP contribution in [0.15, 0.2) is 66.7 Å². The van der Waals surface area contributed by atoms with E-state index in [1.54, 1.807) is 39.2 Å². The average Bonchev–Trinajstić information content (AvgIpc) is 3.35. The lowest BCUT2D eigenvalue weighted by molar-refractivity contribution is 0.0783. The van der Waals surface area contributed by atoms with E-state index in [0.717, 1.165) is 20.8 Å². The molecular weight excluding hydrogens is 596 g/mol. The topological polar surface area (TPSA) is 84.3 Å². The van der Waals surface area contributed by atoms with Crippen LogP contribution >= 0.6 is 34.5 Å². The van der Waals surface area contributed by atoms with Crippen molar-refractivity contribution in [2.24, 2.45) is 0 Å². The predicted octanol–water partition coefficient (Wildman–Crippen LogP) is 7.91. The van der Waals surface area contributed by atoms with Gasteiger partial charge in [0.2, 0.25) is 0 Å². The Labute approximate surface area is 257 Å². The fraction of sp³-hybridized carbons (Fsp3) is 0.219. The molecule has 6 nitrogen and oxygen atoms in total. The molecule has 0 bridgehead atoms. The Morgan fingerprint density at radius 1 is 1.07 bits per heavy atom. The largest absolute Gasteiger partial charge is 0.494 e. The number of amides is 1. The number of hydrogen-bond acceptors (Lipinski definition) is 6. The lowest BCUT2D eigenvalue weighted by Crippen LogP contribution is -2.29. The maximum atomic E-state index is 14.1. The van der Waals surface area contributed by atoms with Crippen molar-refractivity contribution >= 4 is 50.7 Å². The molecule has 0 aliphatic heterocycles. The Kier molecular flexibility index (Phi) is 8.53. The SMILES string of the molecule is COc1cc(C(=O)NC[C@@H](c2ccccc2)c2cc(C(C)(C)O)cc(-c3ccc(F)c(Cl)c3Cl)n2)cc2sc(C)nc12. The minimum absolute atomic E-state index is 0.0234. The summed E-state index contributed by atoms with van der Waals surface area (Å²) >= 11 is 14.0. The van der Waals surface area contributed by atoms with Gasteiger partial charge in [-0.1, -0.05) is 53.5 Å². The first-order valence-corrected chi connectivity index (χ1v) is 14.7. The molecule has 42 heavy (non-hydrogen) atoms. The fourth-order valence-electron chi connectivity index (χ4n) is 4.72. The second-order valence-electron chi connectivity index (χ2n) is 10.4. The number of aromatic nitrogens is 2. The van der Waals surface area contributed by atoms with Crippen LogP contribution in [0.5, 0.6) is 5.75 Å². The van der Waals surface area contributed by atoms with E-state index in [1.807, 2.05) is 43.3 Å². The van der Waals surface area contributed by atoms with Gasteiger partial charge in [-0.05, 0) is 68.3 Å². The van der Waals surface area contributed by atoms with Gasteiger partial charge in [0.25, 0.3) is 5.91 Å². The molecular formula is C32H28Cl2FN3O3S. The zero-order chi connectivity index (χ0) is 30.2. The molecule has 10 heteroatoms. The van der Waals surface area contributed by atoms with Crippen LogP contribution in [-0.4, -0.2) is 34.6 Å². The van der Waals surface area contributed by atoms with E-state index in [-0.39, 0.29) is 22.5 Å². The molecule has 3 aromatic carbocycles. The van der Waals surface area contributed by atoms with E-state index in [9.17, 15) is 14.3 Å². The van der Waals surface area contributed by atoms with Gasteiger partial charge in [0.1, 0.15) is 17.1 Å². The molecule has 1 atom stereocenters. The maximum absolute atomic E-state index is 14.1. The summed E-state index contributed by atoms with van der Waals surface area (Å²) in [4.78, 5) is 22.9. The fourth-order valence-corrected chi connectivity index (χ4v) is 6.02. The summed E-state index contributed by atoms with van der Waals surface area (Å²) in [5.41, 5.74) is 2.83. The highest BCUT2D eigenvalue weighted by Crippen LogP contribution is 2.38. The molecule has 2 N–H and O–H groups in total. The van der Waals surface area contributed by atoms with E-state index in [0.29, 0.717) is 33.8 Å². The highest BCUT2D eigenvalue weighted by molar-refractivity contribution is 7.18. The van der Waals surface area contributed by atoms with Crippen LogP contribution in [0, 0.1) is 12.7 Å². The molecule has 2 heterocycles. The molecule has 0 spiro atoms. The minimum Gasteiger partial charge on any atom is -0.494 e. The number of ether oxygens (including phenoxy) is 1. The first kappa shape index (κ1) is 29.9. The van der Waals surface area contributed by atoms with Crippen LogP contribution in [0.4, 0.5) is 4.39 Å². The van der Waals surface area contributed by atoms with Gasteiger partial charge in [-0.15, -0.1) is 11.3 Å². The highest BCUT2D eigenvalue weighted by atomic mass is 35.5. The Balaban J connectivity index is 1.56. The number of rotatable bonds is 8. The van der Waals surface area contributed by atoms with Crippen LogP contribution < -0.4 is 10.1 Å². The van der Waals surface area contributed by atoms with Crippen molar-refractivity contribution in [2.75, 3.05) is 13.7 Å². The molecule has 0 fully saturated rings. The van der Waals surface area contributed by atoms with Crippen LogP contribution in [0.25, 0.3) is 21.5 Å². The molecule has 0 unspecified atom stereocenters. The third-order valence-corrected chi connectivity index (χ3v) is 8.71. The lowest BCUT2D eigenvalue weighted by atomic mass is 9.90. The van der Waals surface area contributed by atoms with E-state index in [1.165, 1.54) is 23.5 Å². The average molecular weight is 625 g/mol. The Bertz CT molecular complexity index is 1790. The number of aryl methyl sites for hydroxylation is 1. The molecule has 0 aliphatic rings. The number of nitrogens with one attached hydrogen (secondary N) is 1. The molecule has 216 valence electrons. The smallest absolute Gasteiger partial charge is 0.251 e. The van der Waals surface area contributed by atoms with Crippen molar-refractivity contribution in [3.63, 3.8) is 0 Å². The molecule has 0 aliphatic carbocycles. The number of benzene rings is 3. The third-order valence-electron chi connectivity index (χ3n) is 6.94. The highest BCUT2D eigenvalue weighted by Gasteiger charge is 2.25. The standard InChI is InChI=1S/C32H28Cl2FN3O3S/c1-17-37-30-26(41-4)12-19(13-27(30)42-17)31(39)36-16-22(18-8-6-5-7-9-18)25-15-20(32(2,3)40)14-24(38-25)21-10-11-23(35)29(34)28(21)33/h5-15,22,40H,16H2,1-4H3,(H,36,39)/t22-/m0/s1. The van der Waals surface area contributed by atoms with E-state index in [4.69, 9.17) is 32.9 Å². The van der Waals surface area contributed by atoms with Crippen molar-refractivity contribution in [1.29, 1.82) is 0 Å². The predicted molar refractivity (Wildman–Crippen MR) is 166 cm³/mol. The summed E-state index contributed by atoms with van der Waals surface area (Å²) in [6.07, 6.45) is 0. The number of carbonyl (C=O) groups is 1. The lowest BCUT2D eigenvalue weighted by Gasteiger charge is -2.24. The number of methoxy groups -OCH3 is 1. The number of halogens is 3. The van der Waals surface area contributed by atoms with Gasteiger partial charge in [-0.2, -0.15) is 0 Å². The molecule has 1 amide bonds. The molecule has 5 aromatic rings. The molecule has 0 saturated heterocycles. The summed E-state index contributed by atoms with van der Waals surface area (Å²) in [6, 6.07) is 19.4. The summed E-state index contributed by atoms with van der Waals surface area (Å²) in [5, 5.41) is 14.7. The Morgan fingerprint density at radius 3 is 2.50 bits per heavy atom. The molecule has 0 radical (unpaired) electrons. The van der Waals surface area contributed by atoms with Gasteiger partial charge in [0.05, 0.1) is 43.9 Å². The summed E-state index contributed by atoms with van der Waals surface area (Å²) in [5.74, 6) is -0.797. The summed E-state index contributed by atoms with van der Waals surface area (Å²) in [6.45, 7) is 5.44. The van der Waals surface area contributed by atoms with Gasteiger partial charge in [0, 0.05) is 23.6 Å². The van der Waals surface area contributed by atoms with Crippen molar-refractivity contribution in [2.45, 2.75) is 32.3 Å². The number of pyridine rings is 1. The third kappa shape index (κ3) is 6.13. The number of fused-ring (bicyclic) bond motifs is 1. The van der Waals surface area contributed by atoms with Crippen LogP contribution in [-0.2, 0) is 5.60 Å².